The monoisotopic (exact) mass is 129 g/mol. The molecule has 0 bridgehead atoms. The summed E-state index contributed by atoms with van der Waals surface area (Å²) in [6.45, 7) is 1.80. The first kappa shape index (κ1) is 6.55. The highest BCUT2D eigenvalue weighted by Gasteiger charge is 2.35. The predicted octanol–water partition coefficient (Wildman–Crippen LogP) is -0.354. The van der Waals surface area contributed by atoms with Crippen LogP contribution in [0.5, 0.6) is 0 Å². The Morgan fingerprint density at radius 1 is 1.89 bits per heavy atom. The van der Waals surface area contributed by atoms with Gasteiger partial charge >= 0.3 is 0 Å². The zero-order valence-electron chi connectivity index (χ0n) is 5.42. The van der Waals surface area contributed by atoms with Gasteiger partial charge < -0.3 is 10.4 Å². The van der Waals surface area contributed by atoms with Gasteiger partial charge in [0, 0.05) is 6.42 Å². The van der Waals surface area contributed by atoms with Gasteiger partial charge in [-0.3, -0.25) is 4.79 Å². The predicted molar refractivity (Wildman–Crippen MR) is 32.8 cm³/mol. The van der Waals surface area contributed by atoms with Crippen LogP contribution in [-0.2, 0) is 4.79 Å². The van der Waals surface area contributed by atoms with Gasteiger partial charge in [-0.2, -0.15) is 0 Å². The Morgan fingerprint density at radius 2 is 2.44 bits per heavy atom. The number of aliphatic hydroxyl groups is 1. The highest BCUT2D eigenvalue weighted by molar-refractivity contribution is 5.76. The maximum atomic E-state index is 10.6. The van der Waals surface area contributed by atoms with Crippen LogP contribution in [0.3, 0.4) is 0 Å². The van der Waals surface area contributed by atoms with E-state index in [4.69, 9.17) is 5.11 Å². The van der Waals surface area contributed by atoms with Crippen molar-refractivity contribution in [2.45, 2.75) is 31.9 Å². The van der Waals surface area contributed by atoms with E-state index < -0.39 is 0 Å². The fourth-order valence-electron chi connectivity index (χ4n) is 0.646. The van der Waals surface area contributed by atoms with Crippen LogP contribution >= 0.6 is 0 Å². The van der Waals surface area contributed by atoms with E-state index in [-0.39, 0.29) is 18.1 Å². The molecule has 9 heavy (non-hydrogen) atoms. The lowest BCUT2D eigenvalue weighted by Gasteiger charge is -1.97. The molecule has 1 amide bonds. The molecule has 0 aliphatic heterocycles. The minimum absolute atomic E-state index is 0.0246. The van der Waals surface area contributed by atoms with Crippen molar-refractivity contribution in [3.05, 3.63) is 0 Å². The molecule has 0 aromatic heterocycles. The van der Waals surface area contributed by atoms with Crippen molar-refractivity contribution < 1.29 is 9.90 Å². The molecule has 0 heterocycles. The molecular formula is C6H11NO2. The maximum absolute atomic E-state index is 10.6. The molecule has 2 unspecified atom stereocenters. The molecule has 1 rings (SSSR count). The SMILES string of the molecule is CCC(=O)NC1CC1O. The quantitative estimate of drug-likeness (QED) is 0.535. The third-order valence-corrected chi connectivity index (χ3v) is 1.42. The molecular weight excluding hydrogens is 118 g/mol. The fraction of sp³-hybridized carbons (Fsp3) is 0.833. The van der Waals surface area contributed by atoms with Crippen LogP contribution in [0.25, 0.3) is 0 Å². The van der Waals surface area contributed by atoms with E-state index in [0.29, 0.717) is 6.42 Å². The summed E-state index contributed by atoms with van der Waals surface area (Å²) in [5.74, 6) is 0.0246. The molecule has 0 spiro atoms. The highest BCUT2D eigenvalue weighted by atomic mass is 16.3. The van der Waals surface area contributed by atoms with Crippen molar-refractivity contribution in [2.24, 2.45) is 0 Å². The van der Waals surface area contributed by atoms with Crippen LogP contribution in [0, 0.1) is 0 Å². The maximum Gasteiger partial charge on any atom is 0.220 e. The van der Waals surface area contributed by atoms with Crippen LogP contribution in [0.1, 0.15) is 19.8 Å². The van der Waals surface area contributed by atoms with Crippen molar-refractivity contribution in [1.29, 1.82) is 0 Å². The fourth-order valence-corrected chi connectivity index (χ4v) is 0.646. The van der Waals surface area contributed by atoms with E-state index in [2.05, 4.69) is 5.32 Å². The lowest BCUT2D eigenvalue weighted by atomic mass is 10.4. The summed E-state index contributed by atoms with van der Waals surface area (Å²) < 4.78 is 0. The van der Waals surface area contributed by atoms with Crippen molar-refractivity contribution >= 4 is 5.91 Å². The summed E-state index contributed by atoms with van der Waals surface area (Å²) in [6, 6.07) is 0.0532. The summed E-state index contributed by atoms with van der Waals surface area (Å²) in [6.07, 6.45) is 0.954. The largest absolute Gasteiger partial charge is 0.391 e. The molecule has 1 aliphatic rings. The molecule has 1 aliphatic carbocycles. The van der Waals surface area contributed by atoms with Crippen LogP contribution in [-0.4, -0.2) is 23.2 Å². The van der Waals surface area contributed by atoms with Crippen molar-refractivity contribution in [1.82, 2.24) is 5.32 Å². The Balaban J connectivity index is 2.12. The number of rotatable bonds is 2. The number of hydrogen-bond donors (Lipinski definition) is 2. The van der Waals surface area contributed by atoms with Gasteiger partial charge in [0.25, 0.3) is 0 Å². The van der Waals surface area contributed by atoms with E-state index in [1.165, 1.54) is 0 Å². The average Bonchev–Trinajstić information content (AvgIpc) is 2.47. The third-order valence-electron chi connectivity index (χ3n) is 1.42. The third kappa shape index (κ3) is 1.68. The number of aliphatic hydroxyl groups excluding tert-OH is 1. The summed E-state index contributed by atoms with van der Waals surface area (Å²) in [7, 11) is 0. The van der Waals surface area contributed by atoms with Gasteiger partial charge in [0.05, 0.1) is 12.1 Å². The van der Waals surface area contributed by atoms with Gasteiger partial charge in [0.1, 0.15) is 0 Å². The zero-order chi connectivity index (χ0) is 6.85. The van der Waals surface area contributed by atoms with Crippen molar-refractivity contribution in [2.75, 3.05) is 0 Å². The van der Waals surface area contributed by atoms with E-state index in [1.54, 1.807) is 6.92 Å². The van der Waals surface area contributed by atoms with Crippen LogP contribution in [0.4, 0.5) is 0 Å². The van der Waals surface area contributed by atoms with Gasteiger partial charge in [-0.25, -0.2) is 0 Å². The average molecular weight is 129 g/mol. The molecule has 1 saturated carbocycles. The second-order valence-electron chi connectivity index (χ2n) is 2.33. The smallest absolute Gasteiger partial charge is 0.220 e. The normalized spacial score (nSPS) is 31.8. The molecule has 52 valence electrons. The first-order chi connectivity index (χ1) is 4.24. The van der Waals surface area contributed by atoms with Crippen molar-refractivity contribution in [3.8, 4) is 0 Å². The molecule has 1 fully saturated rings. The Labute approximate surface area is 54.1 Å². The van der Waals surface area contributed by atoms with E-state index in [1.807, 2.05) is 0 Å². The summed E-state index contributed by atoms with van der Waals surface area (Å²) >= 11 is 0. The molecule has 2 atom stereocenters. The second-order valence-corrected chi connectivity index (χ2v) is 2.33. The molecule has 3 nitrogen and oxygen atoms in total. The Bertz CT molecular complexity index is 124. The summed E-state index contributed by atoms with van der Waals surface area (Å²) in [5.41, 5.74) is 0. The van der Waals surface area contributed by atoms with Crippen LogP contribution < -0.4 is 5.32 Å². The minimum Gasteiger partial charge on any atom is -0.391 e. The molecule has 0 aromatic rings. The molecule has 3 heteroatoms. The van der Waals surface area contributed by atoms with E-state index in [9.17, 15) is 4.79 Å². The Kier molecular flexibility index (Phi) is 1.71. The zero-order valence-corrected chi connectivity index (χ0v) is 5.42. The molecule has 2 N–H and O–H groups in total. The number of hydrogen-bond acceptors (Lipinski definition) is 2. The molecule has 0 aromatic carbocycles. The van der Waals surface area contributed by atoms with Crippen molar-refractivity contribution in [3.63, 3.8) is 0 Å². The molecule has 0 radical (unpaired) electrons. The first-order valence-corrected chi connectivity index (χ1v) is 3.21. The Hall–Kier alpha value is -0.570. The minimum atomic E-state index is -0.277. The van der Waals surface area contributed by atoms with Crippen LogP contribution in [0.15, 0.2) is 0 Å². The standard InChI is InChI=1S/C6H11NO2/c1-2-6(9)7-4-3-5(4)8/h4-5,8H,2-3H2,1H3,(H,7,9). The highest BCUT2D eigenvalue weighted by Crippen LogP contribution is 2.19. The van der Waals surface area contributed by atoms with Gasteiger partial charge in [-0.1, -0.05) is 6.92 Å². The van der Waals surface area contributed by atoms with Crippen LogP contribution in [0.2, 0.25) is 0 Å². The van der Waals surface area contributed by atoms with E-state index in [0.717, 1.165) is 6.42 Å². The lowest BCUT2D eigenvalue weighted by molar-refractivity contribution is -0.121. The van der Waals surface area contributed by atoms with Gasteiger partial charge in [-0.05, 0) is 6.42 Å². The number of carbonyl (C=O) groups is 1. The molecule has 0 saturated heterocycles. The topological polar surface area (TPSA) is 49.3 Å². The first-order valence-electron chi connectivity index (χ1n) is 3.21. The second kappa shape index (κ2) is 2.35. The number of nitrogens with one attached hydrogen (secondary N) is 1. The number of amides is 1. The number of carbonyl (C=O) groups excluding carboxylic acids is 1. The van der Waals surface area contributed by atoms with Gasteiger partial charge in [0.2, 0.25) is 5.91 Å². The summed E-state index contributed by atoms with van der Waals surface area (Å²) in [4.78, 5) is 10.6. The van der Waals surface area contributed by atoms with Gasteiger partial charge in [-0.15, -0.1) is 0 Å². The summed E-state index contributed by atoms with van der Waals surface area (Å²) in [5, 5.41) is 11.4. The van der Waals surface area contributed by atoms with Gasteiger partial charge in [0.15, 0.2) is 0 Å². The van der Waals surface area contributed by atoms with E-state index >= 15 is 0 Å². The Morgan fingerprint density at radius 3 is 2.78 bits per heavy atom. The lowest BCUT2D eigenvalue weighted by Crippen LogP contribution is -2.26.